The fourth-order valence-corrected chi connectivity index (χ4v) is 8.67. The summed E-state index contributed by atoms with van der Waals surface area (Å²) in [5.74, 6) is 0. The summed E-state index contributed by atoms with van der Waals surface area (Å²) in [6.45, 7) is 12.8. The summed E-state index contributed by atoms with van der Waals surface area (Å²) in [6, 6.07) is 62.2. The molecule has 0 bridgehead atoms. The summed E-state index contributed by atoms with van der Waals surface area (Å²) in [4.78, 5) is 9.33. The van der Waals surface area contributed by atoms with Crippen LogP contribution in [0.3, 0.4) is 0 Å². The van der Waals surface area contributed by atoms with Crippen molar-refractivity contribution in [3.05, 3.63) is 198 Å². The Bertz CT molecular complexity index is 2900. The molecule has 0 spiro atoms. The van der Waals surface area contributed by atoms with Crippen LogP contribution >= 0.6 is 0 Å². The van der Waals surface area contributed by atoms with Gasteiger partial charge in [0.25, 0.3) is 0 Å². The average Bonchev–Trinajstić information content (AvgIpc) is 3.69. The van der Waals surface area contributed by atoms with Gasteiger partial charge in [0.05, 0.1) is 29.0 Å². The molecule has 9 aromatic rings. The maximum Gasteiger partial charge on any atom is 0.194 e. The molecule has 0 amide bonds. The summed E-state index contributed by atoms with van der Waals surface area (Å²) >= 11 is 0. The number of rotatable bonds is 5. The van der Waals surface area contributed by atoms with Crippen LogP contribution in [0.2, 0.25) is 0 Å². The lowest BCUT2D eigenvalue weighted by atomic mass is 9.81. The highest BCUT2D eigenvalue weighted by atomic mass is 15.0. The number of benzene rings is 7. The molecule has 0 unspecified atom stereocenters. The molecular formula is C51H35N3. The summed E-state index contributed by atoms with van der Waals surface area (Å²) in [5, 5.41) is 2.44. The van der Waals surface area contributed by atoms with Gasteiger partial charge in [-0.3, -0.25) is 0 Å². The fraction of sp³-hybridized carbons (Fsp3) is 0.0588. The van der Waals surface area contributed by atoms with Gasteiger partial charge in [0.1, 0.15) is 0 Å². The number of hydrogen-bond acceptors (Lipinski definition) is 1. The minimum absolute atomic E-state index is 0.217. The molecule has 2 heterocycles. The zero-order chi connectivity index (χ0) is 36.4. The molecule has 0 saturated heterocycles. The lowest BCUT2D eigenvalue weighted by Gasteiger charge is -2.24. The number of para-hydroxylation sites is 2. The van der Waals surface area contributed by atoms with Gasteiger partial charge in [-0.15, -0.1) is 0 Å². The van der Waals surface area contributed by atoms with E-state index in [1.165, 1.54) is 38.5 Å². The highest BCUT2D eigenvalue weighted by Crippen LogP contribution is 2.53. The molecule has 0 atom stereocenters. The highest BCUT2D eigenvalue weighted by molar-refractivity contribution is 6.13. The van der Waals surface area contributed by atoms with Crippen molar-refractivity contribution < 1.29 is 0 Å². The third-order valence-electron chi connectivity index (χ3n) is 11.2. The van der Waals surface area contributed by atoms with Gasteiger partial charge in [0.15, 0.2) is 5.69 Å². The molecule has 54 heavy (non-hydrogen) atoms. The monoisotopic (exact) mass is 689 g/mol. The summed E-state index contributed by atoms with van der Waals surface area (Å²) in [7, 11) is 0. The van der Waals surface area contributed by atoms with Gasteiger partial charge in [-0.05, 0) is 80.9 Å². The van der Waals surface area contributed by atoms with Crippen LogP contribution in [-0.2, 0) is 5.41 Å². The first kappa shape index (κ1) is 31.7. The molecule has 0 N–H and O–H groups in total. The number of nitrogens with zero attached hydrogens (tertiary/aromatic N) is 3. The third kappa shape index (κ3) is 4.92. The topological polar surface area (TPSA) is 22.2 Å². The number of fused-ring (bicyclic) bond motifs is 7. The quantitative estimate of drug-likeness (QED) is 0.165. The van der Waals surface area contributed by atoms with Crippen LogP contribution in [-0.4, -0.2) is 9.55 Å². The maximum atomic E-state index is 8.11. The second-order valence-electron chi connectivity index (χ2n) is 14.7. The molecule has 1 aliphatic rings. The van der Waals surface area contributed by atoms with Crippen molar-refractivity contribution in [2.24, 2.45) is 0 Å². The van der Waals surface area contributed by atoms with Gasteiger partial charge >= 0.3 is 0 Å². The summed E-state index contributed by atoms with van der Waals surface area (Å²) in [5.41, 5.74) is 17.0. The van der Waals surface area contributed by atoms with Gasteiger partial charge in [-0.2, -0.15) is 0 Å². The van der Waals surface area contributed by atoms with Crippen LogP contribution in [0.1, 0.15) is 25.0 Å². The molecular weight excluding hydrogens is 655 g/mol. The molecule has 1 aliphatic carbocycles. The predicted molar refractivity (Wildman–Crippen MR) is 224 cm³/mol. The van der Waals surface area contributed by atoms with Crippen molar-refractivity contribution in [1.82, 2.24) is 9.55 Å². The molecule has 7 aromatic carbocycles. The van der Waals surface area contributed by atoms with Gasteiger partial charge in [0.2, 0.25) is 0 Å². The van der Waals surface area contributed by atoms with E-state index in [1.807, 2.05) is 24.3 Å². The second-order valence-corrected chi connectivity index (χ2v) is 14.7. The SMILES string of the molecule is [C-]#[N+]c1ccccc1-c1cc(-c2cc(-c3ccccc3)cc(-c3ccccc3)n2)cc(-n2c3ccccc3c3ccc4c(c32)C(C)(C)c2ccccc2-4)c1. The molecule has 10 rings (SSSR count). The van der Waals surface area contributed by atoms with E-state index in [1.54, 1.807) is 0 Å². The van der Waals surface area contributed by atoms with Crippen LogP contribution < -0.4 is 0 Å². The molecule has 3 heteroatoms. The lowest BCUT2D eigenvalue weighted by molar-refractivity contribution is 0.664. The van der Waals surface area contributed by atoms with Crippen LogP contribution in [0.5, 0.6) is 0 Å². The van der Waals surface area contributed by atoms with Crippen LogP contribution in [0.25, 0.3) is 88.2 Å². The number of aromatic nitrogens is 2. The first-order valence-electron chi connectivity index (χ1n) is 18.4. The predicted octanol–water partition coefficient (Wildman–Crippen LogP) is 13.7. The van der Waals surface area contributed by atoms with E-state index in [4.69, 9.17) is 11.6 Å². The van der Waals surface area contributed by atoms with Crippen molar-refractivity contribution in [2.75, 3.05) is 0 Å². The van der Waals surface area contributed by atoms with E-state index in [0.717, 1.165) is 56.0 Å². The molecule has 2 aromatic heterocycles. The lowest BCUT2D eigenvalue weighted by Crippen LogP contribution is -2.16. The van der Waals surface area contributed by atoms with Crippen LogP contribution in [0, 0.1) is 6.57 Å². The Morgan fingerprint density at radius 3 is 1.91 bits per heavy atom. The normalized spacial score (nSPS) is 12.8. The van der Waals surface area contributed by atoms with E-state index in [2.05, 4.69) is 175 Å². The Morgan fingerprint density at radius 2 is 1.13 bits per heavy atom. The van der Waals surface area contributed by atoms with Crippen molar-refractivity contribution in [2.45, 2.75) is 19.3 Å². The molecule has 0 aliphatic heterocycles. The minimum Gasteiger partial charge on any atom is -0.309 e. The first-order chi connectivity index (χ1) is 26.5. The Kier molecular flexibility index (Phi) is 7.22. The second kappa shape index (κ2) is 12.3. The van der Waals surface area contributed by atoms with Crippen LogP contribution in [0.4, 0.5) is 5.69 Å². The van der Waals surface area contributed by atoms with E-state index in [0.29, 0.717) is 5.69 Å². The Labute approximate surface area is 315 Å². The first-order valence-corrected chi connectivity index (χ1v) is 18.4. The smallest absolute Gasteiger partial charge is 0.194 e. The zero-order valence-electron chi connectivity index (χ0n) is 30.1. The summed E-state index contributed by atoms with van der Waals surface area (Å²) in [6.07, 6.45) is 0. The number of hydrogen-bond donors (Lipinski definition) is 0. The molecule has 0 saturated carbocycles. The van der Waals surface area contributed by atoms with Crippen LogP contribution in [0.15, 0.2) is 176 Å². The standard InChI is InChI=1S/C51H35N3/c1-51(2)44-23-13-10-21-40(44)42-26-27-43-41-22-12-15-25-48(41)54(50(43)49(42)51)38-29-36(39-20-11-14-24-45(39)52-3)28-37(30-38)47-32-35(33-16-6-4-7-17-33)31-46(53-47)34-18-8-5-9-19-34/h4-32H,1-2H3. The van der Waals surface area contributed by atoms with Gasteiger partial charge < -0.3 is 4.57 Å². The van der Waals surface area contributed by atoms with E-state index >= 15 is 0 Å². The zero-order valence-corrected chi connectivity index (χ0v) is 30.1. The largest absolute Gasteiger partial charge is 0.309 e. The van der Waals surface area contributed by atoms with Gasteiger partial charge in [-0.1, -0.05) is 153 Å². The maximum absolute atomic E-state index is 8.11. The highest BCUT2D eigenvalue weighted by Gasteiger charge is 2.38. The van der Waals surface area contributed by atoms with Crippen molar-refractivity contribution in [3.63, 3.8) is 0 Å². The summed E-state index contributed by atoms with van der Waals surface area (Å²) < 4.78 is 2.46. The van der Waals surface area contributed by atoms with E-state index in [9.17, 15) is 0 Å². The average molecular weight is 690 g/mol. The Hall–Kier alpha value is -7.02. The molecule has 0 radical (unpaired) electrons. The minimum atomic E-state index is -0.217. The van der Waals surface area contributed by atoms with Crippen molar-refractivity contribution in [1.29, 1.82) is 0 Å². The fourth-order valence-electron chi connectivity index (χ4n) is 8.67. The van der Waals surface area contributed by atoms with E-state index < -0.39 is 0 Å². The molecule has 3 nitrogen and oxygen atoms in total. The van der Waals surface area contributed by atoms with Crippen molar-refractivity contribution >= 4 is 27.5 Å². The van der Waals surface area contributed by atoms with E-state index in [-0.39, 0.29) is 5.41 Å². The molecule has 254 valence electrons. The molecule has 0 fully saturated rings. The van der Waals surface area contributed by atoms with Gasteiger partial charge in [-0.25, -0.2) is 9.83 Å². The third-order valence-corrected chi connectivity index (χ3v) is 11.2. The number of pyridine rings is 1. The Morgan fingerprint density at radius 1 is 0.500 bits per heavy atom. The Balaban J connectivity index is 1.31. The van der Waals surface area contributed by atoms with Gasteiger partial charge in [0, 0.05) is 33.0 Å². The van der Waals surface area contributed by atoms with Crippen molar-refractivity contribution in [3.8, 4) is 61.6 Å².